The minimum absolute atomic E-state index is 0.312. The van der Waals surface area contributed by atoms with Crippen molar-refractivity contribution in [2.24, 2.45) is 0 Å². The lowest BCUT2D eigenvalue weighted by molar-refractivity contribution is -0.137. The van der Waals surface area contributed by atoms with Crippen LogP contribution in [0.15, 0.2) is 48.7 Å². The van der Waals surface area contributed by atoms with Crippen molar-refractivity contribution in [1.82, 2.24) is 20.0 Å². The molecule has 8 nitrogen and oxygen atoms in total. The number of nitrogens with one attached hydrogen (secondary N) is 2. The van der Waals surface area contributed by atoms with Gasteiger partial charge in [0.1, 0.15) is 12.2 Å². The smallest absolute Gasteiger partial charge is 0.322 e. The number of pyridine rings is 1. The molecule has 0 radical (unpaired) electrons. The van der Waals surface area contributed by atoms with Gasteiger partial charge in [0, 0.05) is 17.8 Å². The number of imidazole rings is 1. The van der Waals surface area contributed by atoms with E-state index in [0.717, 1.165) is 33.7 Å². The molecule has 1 aromatic carbocycles. The minimum Gasteiger partial charge on any atom is -0.480 e. The average Bonchev–Trinajstić information content (AvgIpc) is 3.07. The van der Waals surface area contributed by atoms with Crippen LogP contribution in [0.25, 0.3) is 23.0 Å². The van der Waals surface area contributed by atoms with Crippen molar-refractivity contribution < 1.29 is 19.5 Å². The number of fused-ring (bicyclic) bond motifs is 1. The fraction of sp³-hybridized carbons (Fsp3) is 0.182. The van der Waals surface area contributed by atoms with E-state index in [1.807, 2.05) is 60.8 Å². The number of carbonyl (C=O) groups excluding carboxylic acids is 2. The molecule has 0 saturated heterocycles. The first kappa shape index (κ1) is 20.8. The van der Waals surface area contributed by atoms with Gasteiger partial charge in [-0.3, -0.25) is 18.8 Å². The van der Waals surface area contributed by atoms with E-state index in [9.17, 15) is 14.4 Å². The third-order valence-corrected chi connectivity index (χ3v) is 4.40. The summed E-state index contributed by atoms with van der Waals surface area (Å²) in [7, 11) is 0. The third-order valence-electron chi connectivity index (χ3n) is 4.40. The second kappa shape index (κ2) is 9.04. The number of hydrogen-bond donors (Lipinski definition) is 3. The molecule has 0 unspecified atom stereocenters. The van der Waals surface area contributed by atoms with E-state index in [2.05, 4.69) is 10.6 Å². The molecule has 2 amide bonds. The van der Waals surface area contributed by atoms with Crippen LogP contribution in [0.2, 0.25) is 0 Å². The number of hydrogen-bond acceptors (Lipinski definition) is 4. The van der Waals surface area contributed by atoms with Crippen LogP contribution in [0.5, 0.6) is 0 Å². The summed E-state index contributed by atoms with van der Waals surface area (Å²) >= 11 is 0. The van der Waals surface area contributed by atoms with Gasteiger partial charge in [-0.15, -0.1) is 0 Å². The Bertz CT molecular complexity index is 1130. The lowest BCUT2D eigenvalue weighted by Crippen LogP contribution is -2.38. The zero-order chi connectivity index (χ0) is 21.7. The lowest BCUT2D eigenvalue weighted by Gasteiger charge is -2.04. The number of aromatic nitrogens is 2. The summed E-state index contributed by atoms with van der Waals surface area (Å²) in [5.74, 6) is -2.21. The molecule has 0 bridgehead atoms. The van der Waals surface area contributed by atoms with Gasteiger partial charge in [0.15, 0.2) is 0 Å². The molecule has 2 aromatic heterocycles. The van der Waals surface area contributed by atoms with E-state index >= 15 is 0 Å². The fourth-order valence-electron chi connectivity index (χ4n) is 2.87. The van der Waals surface area contributed by atoms with E-state index in [-0.39, 0.29) is 6.54 Å². The van der Waals surface area contributed by atoms with Crippen molar-refractivity contribution in [2.45, 2.75) is 13.8 Å². The van der Waals surface area contributed by atoms with Crippen LogP contribution < -0.4 is 10.6 Å². The molecule has 2 heterocycles. The molecular formula is C22H22N4O4. The van der Waals surface area contributed by atoms with Gasteiger partial charge in [0.05, 0.1) is 17.9 Å². The summed E-state index contributed by atoms with van der Waals surface area (Å²) in [6, 6.07) is 11.9. The Morgan fingerprint density at radius 1 is 1.03 bits per heavy atom. The highest BCUT2D eigenvalue weighted by molar-refractivity contribution is 5.95. The van der Waals surface area contributed by atoms with E-state index in [1.54, 1.807) is 6.08 Å². The summed E-state index contributed by atoms with van der Waals surface area (Å²) in [5, 5.41) is 13.2. The van der Waals surface area contributed by atoms with Crippen LogP contribution in [-0.2, 0) is 14.4 Å². The Kier molecular flexibility index (Phi) is 6.26. The fourth-order valence-corrected chi connectivity index (χ4v) is 2.87. The number of carboxylic acids is 1. The first-order valence-corrected chi connectivity index (χ1v) is 9.33. The molecule has 0 saturated carbocycles. The summed E-state index contributed by atoms with van der Waals surface area (Å²) in [4.78, 5) is 38.8. The van der Waals surface area contributed by atoms with Gasteiger partial charge in [0.25, 0.3) is 0 Å². The summed E-state index contributed by atoms with van der Waals surface area (Å²) in [6.07, 6.45) is 4.87. The van der Waals surface area contributed by atoms with Gasteiger partial charge in [-0.1, -0.05) is 29.8 Å². The van der Waals surface area contributed by atoms with Crippen LogP contribution in [0.3, 0.4) is 0 Å². The quantitative estimate of drug-likeness (QED) is 0.519. The topological polar surface area (TPSA) is 113 Å². The van der Waals surface area contributed by atoms with Crippen LogP contribution in [0.4, 0.5) is 0 Å². The van der Waals surface area contributed by atoms with Crippen molar-refractivity contribution in [2.75, 3.05) is 13.1 Å². The Morgan fingerprint density at radius 3 is 2.47 bits per heavy atom. The molecule has 3 aromatic rings. The van der Waals surface area contributed by atoms with E-state index in [4.69, 9.17) is 10.1 Å². The van der Waals surface area contributed by atoms with E-state index in [1.165, 1.54) is 6.08 Å². The average molecular weight is 406 g/mol. The molecule has 0 aliphatic heterocycles. The third kappa shape index (κ3) is 5.11. The van der Waals surface area contributed by atoms with E-state index in [0.29, 0.717) is 0 Å². The second-order valence-corrected chi connectivity index (χ2v) is 6.87. The molecule has 154 valence electrons. The monoisotopic (exact) mass is 406 g/mol. The number of rotatable bonds is 7. The summed E-state index contributed by atoms with van der Waals surface area (Å²) in [5.41, 5.74) is 5.37. The minimum atomic E-state index is -1.15. The SMILES string of the molecule is Cc1ccc(-c2nc3cc(C)ccn3c2/C=C/C(=O)NCC(=O)NCC(=O)O)cc1. The van der Waals surface area contributed by atoms with Gasteiger partial charge in [-0.25, -0.2) is 4.98 Å². The highest BCUT2D eigenvalue weighted by Crippen LogP contribution is 2.26. The number of amides is 2. The Balaban J connectivity index is 1.82. The molecule has 0 aliphatic carbocycles. The standard InChI is InChI=1S/C22H22N4O4/c1-14-3-5-16(6-4-14)22-17(26-10-9-15(2)11-18(26)25-22)7-8-19(27)23-12-20(28)24-13-21(29)30/h3-11H,12-13H2,1-2H3,(H,23,27)(H,24,28)(H,29,30)/b8-7+. The van der Waals surface area contributed by atoms with Crippen molar-refractivity contribution >= 4 is 29.5 Å². The number of carbonyl (C=O) groups is 3. The summed E-state index contributed by atoms with van der Waals surface area (Å²) < 4.78 is 1.89. The predicted octanol–water partition coefficient (Wildman–Crippen LogP) is 1.95. The van der Waals surface area contributed by atoms with Crippen molar-refractivity contribution in [3.63, 3.8) is 0 Å². The van der Waals surface area contributed by atoms with Crippen LogP contribution in [0, 0.1) is 13.8 Å². The van der Waals surface area contributed by atoms with Gasteiger partial charge < -0.3 is 15.7 Å². The van der Waals surface area contributed by atoms with E-state index < -0.39 is 24.3 Å². The highest BCUT2D eigenvalue weighted by atomic mass is 16.4. The molecule has 3 N–H and O–H groups in total. The lowest BCUT2D eigenvalue weighted by atomic mass is 10.1. The largest absolute Gasteiger partial charge is 0.480 e. The number of benzene rings is 1. The Labute approximate surface area is 173 Å². The highest BCUT2D eigenvalue weighted by Gasteiger charge is 2.13. The first-order valence-electron chi connectivity index (χ1n) is 9.33. The normalized spacial score (nSPS) is 11.0. The van der Waals surface area contributed by atoms with Crippen molar-refractivity contribution in [1.29, 1.82) is 0 Å². The van der Waals surface area contributed by atoms with Gasteiger partial charge >= 0.3 is 5.97 Å². The number of nitrogens with zero attached hydrogens (tertiary/aromatic N) is 2. The molecular weight excluding hydrogens is 384 g/mol. The maximum atomic E-state index is 12.1. The summed E-state index contributed by atoms with van der Waals surface area (Å²) in [6.45, 7) is 3.19. The van der Waals surface area contributed by atoms with Gasteiger partial charge in [-0.05, 0) is 37.6 Å². The molecule has 0 fully saturated rings. The molecule has 0 aliphatic rings. The van der Waals surface area contributed by atoms with Crippen molar-refractivity contribution in [3.8, 4) is 11.3 Å². The predicted molar refractivity (Wildman–Crippen MR) is 113 cm³/mol. The molecule has 0 atom stereocenters. The molecule has 3 rings (SSSR count). The molecule has 30 heavy (non-hydrogen) atoms. The maximum Gasteiger partial charge on any atom is 0.322 e. The zero-order valence-corrected chi connectivity index (χ0v) is 16.7. The Hall–Kier alpha value is -3.94. The Morgan fingerprint density at radius 2 is 1.77 bits per heavy atom. The zero-order valence-electron chi connectivity index (χ0n) is 16.7. The van der Waals surface area contributed by atoms with Crippen LogP contribution in [0.1, 0.15) is 16.8 Å². The second-order valence-electron chi connectivity index (χ2n) is 6.87. The van der Waals surface area contributed by atoms with Crippen LogP contribution >= 0.6 is 0 Å². The van der Waals surface area contributed by atoms with Crippen molar-refractivity contribution in [3.05, 3.63) is 65.5 Å². The van der Waals surface area contributed by atoms with Gasteiger partial charge in [0.2, 0.25) is 11.8 Å². The number of carboxylic acid groups (broad SMARTS) is 1. The number of aliphatic carboxylic acids is 1. The van der Waals surface area contributed by atoms with Gasteiger partial charge in [-0.2, -0.15) is 0 Å². The number of aryl methyl sites for hydroxylation is 2. The molecule has 0 spiro atoms. The maximum absolute atomic E-state index is 12.1. The van der Waals surface area contributed by atoms with Crippen LogP contribution in [-0.4, -0.2) is 45.4 Å². The molecule has 8 heteroatoms. The first-order chi connectivity index (χ1) is 14.3.